The SMILES string of the molecule is CC(=O)Nc1ccn(CCCCOC(=O)c2ccc([N+](=O)[O-])cc2)c(=O)n1. The van der Waals surface area contributed by atoms with Crippen molar-refractivity contribution in [2.45, 2.75) is 26.3 Å². The summed E-state index contributed by atoms with van der Waals surface area (Å²) in [6.07, 6.45) is 2.64. The number of nitrogens with zero attached hydrogens (tertiary/aromatic N) is 3. The highest BCUT2D eigenvalue weighted by Gasteiger charge is 2.10. The first-order valence-corrected chi connectivity index (χ1v) is 8.13. The van der Waals surface area contributed by atoms with E-state index in [0.717, 1.165) is 0 Å². The van der Waals surface area contributed by atoms with Gasteiger partial charge < -0.3 is 10.1 Å². The summed E-state index contributed by atoms with van der Waals surface area (Å²) in [6, 6.07) is 6.67. The molecule has 0 fully saturated rings. The molecule has 1 heterocycles. The highest BCUT2D eigenvalue weighted by Crippen LogP contribution is 2.12. The largest absolute Gasteiger partial charge is 0.462 e. The molecule has 2 rings (SSSR count). The number of nitro groups is 1. The summed E-state index contributed by atoms with van der Waals surface area (Å²) in [5, 5.41) is 13.0. The number of aromatic nitrogens is 2. The fraction of sp³-hybridized carbons (Fsp3) is 0.294. The van der Waals surface area contributed by atoms with E-state index in [-0.39, 0.29) is 29.6 Å². The van der Waals surface area contributed by atoms with Crippen LogP contribution in [0.4, 0.5) is 11.5 Å². The summed E-state index contributed by atoms with van der Waals surface area (Å²) in [5.41, 5.74) is -0.353. The number of esters is 1. The lowest BCUT2D eigenvalue weighted by Crippen LogP contribution is -2.24. The van der Waals surface area contributed by atoms with Crippen molar-refractivity contribution in [3.63, 3.8) is 0 Å². The predicted molar refractivity (Wildman–Crippen MR) is 95.4 cm³/mol. The first-order chi connectivity index (χ1) is 12.9. The van der Waals surface area contributed by atoms with Crippen LogP contribution in [0.25, 0.3) is 0 Å². The van der Waals surface area contributed by atoms with Crippen molar-refractivity contribution in [1.82, 2.24) is 9.55 Å². The third-order valence-corrected chi connectivity index (χ3v) is 3.52. The van der Waals surface area contributed by atoms with Gasteiger partial charge in [0.2, 0.25) is 5.91 Å². The molecule has 0 aliphatic heterocycles. The Kier molecular flexibility index (Phi) is 6.75. The van der Waals surface area contributed by atoms with Crippen LogP contribution in [0, 0.1) is 10.1 Å². The molecule has 0 aliphatic carbocycles. The van der Waals surface area contributed by atoms with Gasteiger partial charge in [-0.3, -0.25) is 19.5 Å². The molecule has 0 aliphatic rings. The third kappa shape index (κ3) is 6.03. The third-order valence-electron chi connectivity index (χ3n) is 3.52. The fourth-order valence-corrected chi connectivity index (χ4v) is 2.20. The molecule has 2 aromatic rings. The van der Waals surface area contributed by atoms with Crippen molar-refractivity contribution in [2.24, 2.45) is 0 Å². The lowest BCUT2D eigenvalue weighted by molar-refractivity contribution is -0.384. The number of benzene rings is 1. The van der Waals surface area contributed by atoms with E-state index in [2.05, 4.69) is 10.3 Å². The quantitative estimate of drug-likeness (QED) is 0.322. The molecule has 10 nitrogen and oxygen atoms in total. The van der Waals surface area contributed by atoms with Gasteiger partial charge in [0.25, 0.3) is 5.69 Å². The van der Waals surface area contributed by atoms with Crippen molar-refractivity contribution in [3.8, 4) is 0 Å². The number of aryl methyl sites for hydroxylation is 1. The number of nitrogens with one attached hydrogen (secondary N) is 1. The van der Waals surface area contributed by atoms with E-state index in [9.17, 15) is 24.5 Å². The van der Waals surface area contributed by atoms with Gasteiger partial charge in [0.05, 0.1) is 17.1 Å². The van der Waals surface area contributed by atoms with Crippen molar-refractivity contribution < 1.29 is 19.2 Å². The minimum Gasteiger partial charge on any atom is -0.462 e. The molecule has 10 heteroatoms. The zero-order chi connectivity index (χ0) is 19.8. The standard InChI is InChI=1S/C17H18N4O6/c1-12(22)18-15-8-10-20(17(24)19-15)9-2-3-11-27-16(23)13-4-6-14(7-5-13)21(25)26/h4-8,10H,2-3,9,11H2,1H3,(H,18,19,22,24). The van der Waals surface area contributed by atoms with Crippen molar-refractivity contribution in [3.05, 3.63) is 62.7 Å². The Balaban J connectivity index is 1.75. The Hall–Kier alpha value is -3.56. The van der Waals surface area contributed by atoms with E-state index in [1.807, 2.05) is 0 Å². The summed E-state index contributed by atoms with van der Waals surface area (Å²) in [5.74, 6) is -0.682. The summed E-state index contributed by atoms with van der Waals surface area (Å²) < 4.78 is 6.49. The molecule has 1 N–H and O–H groups in total. The molecule has 27 heavy (non-hydrogen) atoms. The van der Waals surface area contributed by atoms with E-state index < -0.39 is 16.6 Å². The van der Waals surface area contributed by atoms with Crippen molar-refractivity contribution >= 4 is 23.4 Å². The number of ether oxygens (including phenoxy) is 1. The second-order valence-electron chi connectivity index (χ2n) is 5.62. The van der Waals surface area contributed by atoms with E-state index in [1.165, 1.54) is 48.0 Å². The molecule has 0 saturated heterocycles. The lowest BCUT2D eigenvalue weighted by Gasteiger charge is -2.07. The summed E-state index contributed by atoms with van der Waals surface area (Å²) >= 11 is 0. The molecule has 142 valence electrons. The normalized spacial score (nSPS) is 10.3. The van der Waals surface area contributed by atoms with Crippen LogP contribution in [0.1, 0.15) is 30.1 Å². The number of carbonyl (C=O) groups excluding carboxylic acids is 2. The van der Waals surface area contributed by atoms with Gasteiger partial charge in [0.15, 0.2) is 0 Å². The topological polar surface area (TPSA) is 133 Å². The molecule has 0 unspecified atom stereocenters. The van der Waals surface area contributed by atoms with Gasteiger partial charge in [-0.1, -0.05) is 0 Å². The molecule has 0 atom stereocenters. The molecule has 0 radical (unpaired) electrons. The number of non-ortho nitro benzene ring substituents is 1. The van der Waals surface area contributed by atoms with E-state index in [0.29, 0.717) is 19.4 Å². The average Bonchev–Trinajstić information content (AvgIpc) is 2.62. The van der Waals surface area contributed by atoms with Crippen LogP contribution in [0.5, 0.6) is 0 Å². The van der Waals surface area contributed by atoms with Crippen LogP contribution in [-0.2, 0) is 16.1 Å². The van der Waals surface area contributed by atoms with Crippen molar-refractivity contribution in [1.29, 1.82) is 0 Å². The zero-order valence-electron chi connectivity index (χ0n) is 14.6. The number of hydrogen-bond donors (Lipinski definition) is 1. The Morgan fingerprint density at radius 3 is 2.52 bits per heavy atom. The Labute approximate surface area is 153 Å². The Morgan fingerprint density at radius 1 is 1.22 bits per heavy atom. The number of rotatable bonds is 8. The molecule has 1 aromatic heterocycles. The smallest absolute Gasteiger partial charge is 0.349 e. The maximum Gasteiger partial charge on any atom is 0.349 e. The van der Waals surface area contributed by atoms with Gasteiger partial charge in [-0.25, -0.2) is 9.59 Å². The highest BCUT2D eigenvalue weighted by molar-refractivity contribution is 5.89. The second kappa shape index (κ2) is 9.22. The van der Waals surface area contributed by atoms with Crippen molar-refractivity contribution in [2.75, 3.05) is 11.9 Å². The summed E-state index contributed by atoms with van der Waals surface area (Å²) in [4.78, 5) is 48.4. The van der Waals surface area contributed by atoms with E-state index in [1.54, 1.807) is 0 Å². The minimum atomic E-state index is -0.566. The zero-order valence-corrected chi connectivity index (χ0v) is 14.6. The lowest BCUT2D eigenvalue weighted by atomic mass is 10.2. The molecule has 1 aromatic carbocycles. The van der Waals surface area contributed by atoms with Gasteiger partial charge in [-0.15, -0.1) is 0 Å². The fourth-order valence-electron chi connectivity index (χ4n) is 2.20. The van der Waals surface area contributed by atoms with Crippen LogP contribution in [0.2, 0.25) is 0 Å². The predicted octanol–water partition coefficient (Wildman–Crippen LogP) is 1.75. The minimum absolute atomic E-state index is 0.102. The van der Waals surface area contributed by atoms with Gasteiger partial charge in [0.1, 0.15) is 5.82 Å². The number of anilines is 1. The summed E-state index contributed by atoms with van der Waals surface area (Å²) in [6.45, 7) is 1.87. The van der Waals surface area contributed by atoms with Crippen LogP contribution in [0.3, 0.4) is 0 Å². The summed E-state index contributed by atoms with van der Waals surface area (Å²) in [7, 11) is 0. The molecule has 0 saturated carbocycles. The maximum atomic E-state index is 11.8. The number of unbranched alkanes of at least 4 members (excludes halogenated alkanes) is 1. The number of nitro benzene ring substituents is 1. The number of hydrogen-bond acceptors (Lipinski definition) is 7. The Morgan fingerprint density at radius 2 is 1.93 bits per heavy atom. The highest BCUT2D eigenvalue weighted by atomic mass is 16.6. The van der Waals surface area contributed by atoms with Gasteiger partial charge in [-0.2, -0.15) is 4.98 Å². The van der Waals surface area contributed by atoms with Gasteiger partial charge in [0, 0.05) is 31.8 Å². The molecule has 0 bridgehead atoms. The first-order valence-electron chi connectivity index (χ1n) is 8.13. The van der Waals surface area contributed by atoms with Gasteiger partial charge in [-0.05, 0) is 31.0 Å². The second-order valence-corrected chi connectivity index (χ2v) is 5.62. The van der Waals surface area contributed by atoms with Crippen LogP contribution < -0.4 is 11.0 Å². The molecular weight excluding hydrogens is 356 g/mol. The van der Waals surface area contributed by atoms with Crippen LogP contribution in [-0.4, -0.2) is 33.0 Å². The number of carbonyl (C=O) groups is 2. The average molecular weight is 374 g/mol. The van der Waals surface area contributed by atoms with Crippen LogP contribution in [0.15, 0.2) is 41.3 Å². The van der Waals surface area contributed by atoms with Gasteiger partial charge >= 0.3 is 11.7 Å². The molecular formula is C17H18N4O6. The number of amides is 1. The van der Waals surface area contributed by atoms with E-state index >= 15 is 0 Å². The monoisotopic (exact) mass is 374 g/mol. The first kappa shape index (κ1) is 19.8. The van der Waals surface area contributed by atoms with Crippen LogP contribution >= 0.6 is 0 Å². The molecule has 1 amide bonds. The molecule has 0 spiro atoms. The Bertz CT molecular complexity index is 891. The van der Waals surface area contributed by atoms with E-state index in [4.69, 9.17) is 4.74 Å². The maximum absolute atomic E-state index is 11.8.